The number of ether oxygens (including phenoxy) is 2. The van der Waals surface area contributed by atoms with Crippen molar-refractivity contribution in [3.8, 4) is 5.75 Å². The minimum Gasteiger partial charge on any atom is -0.490 e. The molecule has 1 fully saturated rings. The van der Waals surface area contributed by atoms with E-state index in [-0.39, 0.29) is 35.3 Å². The number of allylic oxidation sites excluding steroid dienone is 1. The minimum absolute atomic E-state index is 0.0359. The van der Waals surface area contributed by atoms with Gasteiger partial charge in [-0.05, 0) is 105 Å². The molecule has 13 heteroatoms. The Balaban J connectivity index is 1.45. The molecule has 1 saturated carbocycles. The largest absolute Gasteiger partial charge is 0.490 e. The number of methoxy groups -OCH3 is 1. The smallest absolute Gasteiger partial charge is 0.264 e. The van der Waals surface area contributed by atoms with E-state index in [0.29, 0.717) is 43.3 Å². The van der Waals surface area contributed by atoms with Crippen molar-refractivity contribution in [1.29, 1.82) is 0 Å². The average molecular weight is 735 g/mol. The Hall–Kier alpha value is -2.64. The number of amides is 1. The first-order valence-corrected chi connectivity index (χ1v) is 20.8. The lowest BCUT2D eigenvalue weighted by molar-refractivity contribution is -0.0847. The van der Waals surface area contributed by atoms with Crippen molar-refractivity contribution >= 4 is 43.3 Å². The number of sulfonamides is 1. The maximum absolute atomic E-state index is 13.5. The molecule has 0 radical (unpaired) electrons. The molecule has 6 atom stereocenters. The molecular weight excluding hydrogens is 688 g/mol. The van der Waals surface area contributed by atoms with Gasteiger partial charge in [-0.3, -0.25) is 8.98 Å². The summed E-state index contributed by atoms with van der Waals surface area (Å²) in [5.74, 6) is -0.161. The van der Waals surface area contributed by atoms with Crippen LogP contribution < -0.4 is 14.4 Å². The van der Waals surface area contributed by atoms with Gasteiger partial charge in [0, 0.05) is 42.6 Å². The number of carbonyl (C=O) groups is 1. The van der Waals surface area contributed by atoms with Crippen LogP contribution in [-0.4, -0.2) is 73.3 Å². The van der Waals surface area contributed by atoms with Crippen LogP contribution in [0.15, 0.2) is 48.6 Å². The molecule has 6 rings (SSSR count). The van der Waals surface area contributed by atoms with Gasteiger partial charge in [-0.1, -0.05) is 36.7 Å². The molecule has 4 aliphatic rings. The van der Waals surface area contributed by atoms with E-state index in [2.05, 4.69) is 21.8 Å². The zero-order valence-corrected chi connectivity index (χ0v) is 31.0. The standard InChI is InChI=1S/C36H47ClN2O8S2/c1-24-7-5-16-36(45-3,17-18-47-48(4,41)42)31-12-9-28(31)21-39-22-35(15-6-8-26-19-29(37)11-13-30(26)35)23-46-33-14-10-27(20-32(33)39)34(40)38-49(43,44)25(24)2/h5,10-11,13-14,16,19-20,24-25,28,31H,6-9,12,15,17-18,21-23H2,1-4H3,(H,38,40)/b16-5-/t24-,25+,28-,31+,35-,36+/m0/s1. The van der Waals surface area contributed by atoms with Crippen LogP contribution in [0.3, 0.4) is 0 Å². The van der Waals surface area contributed by atoms with Gasteiger partial charge in [0.15, 0.2) is 0 Å². The van der Waals surface area contributed by atoms with E-state index in [1.807, 2.05) is 25.1 Å². The monoisotopic (exact) mass is 734 g/mol. The molecule has 2 bridgehead atoms. The highest BCUT2D eigenvalue weighted by Gasteiger charge is 2.49. The SMILES string of the molecule is CO[C@@]1(CCOS(C)(=O)=O)/C=C\C[C@H](C)[C@@H](C)S(=O)(=O)NC(=O)c2ccc3c(c2)N(C[C@@H]2CC[C@H]21)C[C@@]1(CCCc2cc(Cl)ccc21)CO3. The van der Waals surface area contributed by atoms with Crippen LogP contribution in [-0.2, 0) is 40.9 Å². The summed E-state index contributed by atoms with van der Waals surface area (Å²) in [6, 6.07) is 11.2. The number of hydrogen-bond donors (Lipinski definition) is 1. The molecule has 2 aromatic carbocycles. The fourth-order valence-electron chi connectivity index (χ4n) is 8.30. The van der Waals surface area contributed by atoms with E-state index in [1.165, 1.54) is 11.1 Å². The second-order valence-corrected chi connectivity index (χ2v) is 18.6. The zero-order chi connectivity index (χ0) is 35.2. The van der Waals surface area contributed by atoms with Crippen molar-refractivity contribution in [3.05, 3.63) is 70.3 Å². The van der Waals surface area contributed by atoms with Crippen molar-refractivity contribution in [2.75, 3.05) is 44.6 Å². The van der Waals surface area contributed by atoms with Crippen LogP contribution in [0, 0.1) is 17.8 Å². The first-order valence-electron chi connectivity index (χ1n) is 17.1. The third-order valence-electron chi connectivity index (χ3n) is 11.4. The Morgan fingerprint density at radius 1 is 1.14 bits per heavy atom. The van der Waals surface area contributed by atoms with Crippen LogP contribution in [0.4, 0.5) is 5.69 Å². The van der Waals surface area contributed by atoms with Crippen molar-refractivity contribution in [1.82, 2.24) is 4.72 Å². The highest BCUT2D eigenvalue weighted by Crippen LogP contribution is 2.50. The topological polar surface area (TPSA) is 128 Å². The molecule has 0 aromatic heterocycles. The molecule has 10 nitrogen and oxygen atoms in total. The van der Waals surface area contributed by atoms with Crippen LogP contribution in [0.25, 0.3) is 0 Å². The fraction of sp³-hybridized carbons (Fsp3) is 0.583. The summed E-state index contributed by atoms with van der Waals surface area (Å²) in [6.07, 6.45) is 10.3. The lowest BCUT2D eigenvalue weighted by Gasteiger charge is -2.50. The molecule has 0 unspecified atom stereocenters. The molecule has 1 N–H and O–H groups in total. The average Bonchev–Trinajstić information content (AvgIpc) is 3.17. The summed E-state index contributed by atoms with van der Waals surface area (Å²) in [6.45, 7) is 5.10. The van der Waals surface area contributed by atoms with Crippen LogP contribution >= 0.6 is 11.6 Å². The number of fused-ring (bicyclic) bond motifs is 4. The minimum atomic E-state index is -4.02. The molecule has 1 spiro atoms. The van der Waals surface area contributed by atoms with Gasteiger partial charge in [0.05, 0.1) is 36.0 Å². The second-order valence-electron chi connectivity index (χ2n) is 14.5. The number of aryl methyl sites for hydroxylation is 1. The Morgan fingerprint density at radius 3 is 2.65 bits per heavy atom. The summed E-state index contributed by atoms with van der Waals surface area (Å²) in [5.41, 5.74) is 2.24. The number of anilines is 1. The molecule has 2 aliphatic heterocycles. The number of carbonyl (C=O) groups excluding carboxylic acids is 1. The number of hydrogen-bond acceptors (Lipinski definition) is 9. The molecular formula is C36H47ClN2O8S2. The van der Waals surface area contributed by atoms with Gasteiger partial charge in [-0.25, -0.2) is 13.1 Å². The van der Waals surface area contributed by atoms with Gasteiger partial charge in [0.25, 0.3) is 16.0 Å². The Bertz CT molecular complexity index is 1830. The van der Waals surface area contributed by atoms with Gasteiger partial charge in [-0.15, -0.1) is 0 Å². The third kappa shape index (κ3) is 7.40. The Morgan fingerprint density at radius 2 is 1.94 bits per heavy atom. The first kappa shape index (κ1) is 36.2. The van der Waals surface area contributed by atoms with Crippen LogP contribution in [0.1, 0.15) is 73.9 Å². The molecule has 0 saturated heterocycles. The molecule has 2 aromatic rings. The van der Waals surface area contributed by atoms with Crippen molar-refractivity contribution in [3.63, 3.8) is 0 Å². The molecule has 268 valence electrons. The van der Waals surface area contributed by atoms with Crippen molar-refractivity contribution in [2.45, 2.75) is 75.1 Å². The second kappa shape index (κ2) is 13.8. The predicted octanol–water partition coefficient (Wildman–Crippen LogP) is 5.63. The summed E-state index contributed by atoms with van der Waals surface area (Å²) in [4.78, 5) is 15.8. The van der Waals surface area contributed by atoms with Gasteiger partial charge in [0.2, 0.25) is 10.0 Å². The van der Waals surface area contributed by atoms with Gasteiger partial charge < -0.3 is 14.4 Å². The fourth-order valence-corrected chi connectivity index (χ4v) is 10.2. The molecule has 1 amide bonds. The number of halogens is 1. The summed E-state index contributed by atoms with van der Waals surface area (Å²) in [7, 11) is -6.03. The number of nitrogens with zero attached hydrogens (tertiary/aromatic N) is 1. The maximum Gasteiger partial charge on any atom is 0.264 e. The lowest BCUT2D eigenvalue weighted by atomic mass is 9.63. The molecule has 2 heterocycles. The van der Waals surface area contributed by atoms with E-state index >= 15 is 0 Å². The van der Waals surface area contributed by atoms with Crippen molar-refractivity contribution < 1.29 is 35.3 Å². The van der Waals surface area contributed by atoms with Crippen molar-refractivity contribution in [2.24, 2.45) is 17.8 Å². The first-order chi connectivity index (χ1) is 23.2. The van der Waals surface area contributed by atoms with E-state index in [0.717, 1.165) is 44.0 Å². The summed E-state index contributed by atoms with van der Waals surface area (Å²) in [5, 5.41) is -0.162. The number of rotatable bonds is 5. The predicted molar refractivity (Wildman–Crippen MR) is 190 cm³/mol. The number of benzene rings is 2. The Labute approximate surface area is 295 Å². The summed E-state index contributed by atoms with van der Waals surface area (Å²) < 4.78 is 71.1. The number of nitrogens with one attached hydrogen (secondary N) is 1. The lowest BCUT2D eigenvalue weighted by Crippen LogP contribution is -2.53. The summed E-state index contributed by atoms with van der Waals surface area (Å²) >= 11 is 6.43. The molecule has 2 aliphatic carbocycles. The van der Waals surface area contributed by atoms with E-state index in [9.17, 15) is 21.6 Å². The quantitative estimate of drug-likeness (QED) is 0.307. The Kier molecular flexibility index (Phi) is 10.2. The highest BCUT2D eigenvalue weighted by molar-refractivity contribution is 7.90. The van der Waals surface area contributed by atoms with Crippen LogP contribution in [0.5, 0.6) is 5.75 Å². The molecule has 49 heavy (non-hydrogen) atoms. The zero-order valence-electron chi connectivity index (χ0n) is 28.6. The van der Waals surface area contributed by atoms with E-state index in [4.69, 9.17) is 25.3 Å². The highest BCUT2D eigenvalue weighted by atomic mass is 35.5. The van der Waals surface area contributed by atoms with Gasteiger partial charge in [0.1, 0.15) is 5.75 Å². The third-order valence-corrected chi connectivity index (χ3v) is 14.1. The van der Waals surface area contributed by atoms with Crippen LogP contribution in [0.2, 0.25) is 5.02 Å². The van der Waals surface area contributed by atoms with Gasteiger partial charge >= 0.3 is 0 Å². The normalized spacial score (nSPS) is 32.1. The van der Waals surface area contributed by atoms with Gasteiger partial charge in [-0.2, -0.15) is 8.42 Å². The van der Waals surface area contributed by atoms with E-state index < -0.39 is 36.9 Å². The van der Waals surface area contributed by atoms with E-state index in [1.54, 1.807) is 32.2 Å². The maximum atomic E-state index is 13.5.